The number of hydrogen-bond donors (Lipinski definition) is 1. The van der Waals surface area contributed by atoms with Gasteiger partial charge in [-0.3, -0.25) is 0 Å². The van der Waals surface area contributed by atoms with Crippen LogP contribution in [0.15, 0.2) is 42.4 Å². The van der Waals surface area contributed by atoms with Crippen molar-refractivity contribution in [1.29, 1.82) is 0 Å². The topological polar surface area (TPSA) is 72.3 Å². The number of aryl methyl sites for hydroxylation is 2. The number of ether oxygens (including phenoxy) is 1. The van der Waals surface area contributed by atoms with Crippen LogP contribution in [0.1, 0.15) is 23.9 Å². The van der Waals surface area contributed by atoms with Gasteiger partial charge in [0, 0.05) is 11.8 Å². The minimum absolute atomic E-state index is 0.184. The average Bonchev–Trinajstić information content (AvgIpc) is 2.55. The third-order valence-electron chi connectivity index (χ3n) is 3.10. The first-order valence-corrected chi connectivity index (χ1v) is 7.21. The van der Waals surface area contributed by atoms with Gasteiger partial charge in [-0.1, -0.05) is 12.1 Å². The molecule has 0 saturated heterocycles. The van der Waals surface area contributed by atoms with Gasteiger partial charge >= 0.3 is 5.97 Å². The van der Waals surface area contributed by atoms with Crippen molar-refractivity contribution in [1.82, 2.24) is 9.97 Å². The van der Waals surface area contributed by atoms with E-state index in [9.17, 15) is 14.3 Å². The monoisotopic (exact) mass is 316 g/mol. The molecule has 1 heterocycles. The number of carbonyl (C=O) groups is 1. The molecule has 0 aliphatic heterocycles. The van der Waals surface area contributed by atoms with Crippen molar-refractivity contribution in [2.45, 2.75) is 19.8 Å². The molecule has 0 bridgehead atoms. The molecule has 0 saturated carbocycles. The highest BCUT2D eigenvalue weighted by Gasteiger charge is 2.09. The van der Waals surface area contributed by atoms with Gasteiger partial charge in [0.15, 0.2) is 0 Å². The molecule has 0 unspecified atom stereocenters. The number of carbonyl (C=O) groups excluding carboxylic acids is 1. The fourth-order valence-electron chi connectivity index (χ4n) is 1.96. The lowest BCUT2D eigenvalue weighted by atomic mass is 10.1. The molecule has 23 heavy (non-hydrogen) atoms. The summed E-state index contributed by atoms with van der Waals surface area (Å²) in [6, 6.07) is 7.97. The molecule has 120 valence electrons. The first-order chi connectivity index (χ1) is 11.1. The van der Waals surface area contributed by atoms with Gasteiger partial charge in [0.1, 0.15) is 12.1 Å². The highest BCUT2D eigenvalue weighted by Crippen LogP contribution is 2.09. The van der Waals surface area contributed by atoms with Crippen LogP contribution in [0.25, 0.3) is 6.08 Å². The van der Waals surface area contributed by atoms with E-state index in [-0.39, 0.29) is 12.4 Å². The van der Waals surface area contributed by atoms with Crippen molar-refractivity contribution in [3.8, 4) is 0 Å². The predicted molar refractivity (Wildman–Crippen MR) is 83.1 cm³/mol. The highest BCUT2D eigenvalue weighted by atomic mass is 19.1. The van der Waals surface area contributed by atoms with Gasteiger partial charge in [-0.05, 0) is 43.5 Å². The van der Waals surface area contributed by atoms with Crippen molar-refractivity contribution < 1.29 is 19.0 Å². The lowest BCUT2D eigenvalue weighted by molar-refractivity contribution is -0.141. The molecule has 5 nitrogen and oxygen atoms in total. The third-order valence-corrected chi connectivity index (χ3v) is 3.10. The predicted octanol–water partition coefficient (Wildman–Crippen LogP) is 2.86. The molecule has 0 fully saturated rings. The number of rotatable bonds is 6. The van der Waals surface area contributed by atoms with E-state index in [0.717, 1.165) is 11.3 Å². The second-order valence-electron chi connectivity index (χ2n) is 4.81. The summed E-state index contributed by atoms with van der Waals surface area (Å²) in [7, 11) is 0. The van der Waals surface area contributed by atoms with E-state index in [1.165, 1.54) is 24.5 Å². The number of halogens is 1. The van der Waals surface area contributed by atoms with Crippen LogP contribution in [0.3, 0.4) is 0 Å². The maximum atomic E-state index is 12.9. The summed E-state index contributed by atoms with van der Waals surface area (Å²) in [4.78, 5) is 19.5. The van der Waals surface area contributed by atoms with E-state index in [0.29, 0.717) is 18.5 Å². The SMILES string of the molecule is CCOC(=O)/C(O)=C/c1cc(CCc2ccc(F)cc2)ncn1. The van der Waals surface area contributed by atoms with Crippen LogP contribution in [0.2, 0.25) is 0 Å². The number of nitrogens with zero attached hydrogens (tertiary/aromatic N) is 2. The summed E-state index contributed by atoms with van der Waals surface area (Å²) >= 11 is 0. The molecule has 0 radical (unpaired) electrons. The van der Waals surface area contributed by atoms with Crippen LogP contribution in [0.4, 0.5) is 4.39 Å². The molecule has 2 aromatic rings. The van der Waals surface area contributed by atoms with Gasteiger partial charge in [0.2, 0.25) is 5.76 Å². The Hall–Kier alpha value is -2.76. The first-order valence-electron chi connectivity index (χ1n) is 7.21. The van der Waals surface area contributed by atoms with E-state index in [1.807, 2.05) is 0 Å². The van der Waals surface area contributed by atoms with Crippen molar-refractivity contribution >= 4 is 12.0 Å². The Balaban J connectivity index is 2.03. The Labute approximate surface area is 133 Å². The number of benzene rings is 1. The van der Waals surface area contributed by atoms with Gasteiger partial charge < -0.3 is 9.84 Å². The molecule has 0 aliphatic rings. The molecule has 0 spiro atoms. The summed E-state index contributed by atoms with van der Waals surface area (Å²) in [5.74, 6) is -1.56. The molecule has 2 rings (SSSR count). The second kappa shape index (κ2) is 8.03. The molecule has 0 atom stereocenters. The van der Waals surface area contributed by atoms with E-state index >= 15 is 0 Å². The summed E-state index contributed by atoms with van der Waals surface area (Å²) in [6.45, 7) is 1.84. The highest BCUT2D eigenvalue weighted by molar-refractivity contribution is 5.90. The van der Waals surface area contributed by atoms with Gasteiger partial charge in [-0.25, -0.2) is 19.2 Å². The van der Waals surface area contributed by atoms with Gasteiger partial charge in [-0.2, -0.15) is 0 Å². The molecular weight excluding hydrogens is 299 g/mol. The Bertz CT molecular complexity index is 699. The van der Waals surface area contributed by atoms with Crippen LogP contribution in [0, 0.1) is 5.82 Å². The van der Waals surface area contributed by atoms with Crippen molar-refractivity contribution in [2.75, 3.05) is 6.61 Å². The van der Waals surface area contributed by atoms with Crippen LogP contribution >= 0.6 is 0 Å². The number of aromatic nitrogens is 2. The van der Waals surface area contributed by atoms with Gasteiger partial charge in [0.05, 0.1) is 12.3 Å². The lowest BCUT2D eigenvalue weighted by Crippen LogP contribution is -2.07. The Kier molecular flexibility index (Phi) is 5.80. The molecule has 6 heteroatoms. The molecule has 0 aliphatic carbocycles. The maximum absolute atomic E-state index is 12.9. The summed E-state index contributed by atoms with van der Waals surface area (Å²) in [5.41, 5.74) is 2.17. The standard InChI is InChI=1S/C17H17FN2O3/c1-2-23-17(22)16(21)10-15-9-14(19-11-20-15)8-5-12-3-6-13(18)7-4-12/h3-4,6-7,9-11,21H,2,5,8H2,1H3/b16-10-. The largest absolute Gasteiger partial charge is 0.502 e. The molecular formula is C17H17FN2O3. The minimum atomic E-state index is -0.793. The molecule has 1 aromatic heterocycles. The molecule has 0 amide bonds. The fraction of sp³-hybridized carbons (Fsp3) is 0.235. The number of aliphatic hydroxyl groups is 1. The summed E-state index contributed by atoms with van der Waals surface area (Å²) in [6.07, 6.45) is 3.94. The smallest absolute Gasteiger partial charge is 0.373 e. The second-order valence-corrected chi connectivity index (χ2v) is 4.81. The van der Waals surface area contributed by atoms with Crippen LogP contribution < -0.4 is 0 Å². The van der Waals surface area contributed by atoms with Crippen molar-refractivity contribution in [3.63, 3.8) is 0 Å². The van der Waals surface area contributed by atoms with Crippen LogP contribution in [-0.2, 0) is 22.4 Å². The zero-order valence-electron chi connectivity index (χ0n) is 12.7. The zero-order valence-corrected chi connectivity index (χ0v) is 12.7. The number of hydrogen-bond acceptors (Lipinski definition) is 5. The Morgan fingerprint density at radius 1 is 1.26 bits per heavy atom. The van der Waals surface area contributed by atoms with Crippen molar-refractivity contribution in [2.24, 2.45) is 0 Å². The first kappa shape index (κ1) is 16.6. The fourth-order valence-corrected chi connectivity index (χ4v) is 1.96. The maximum Gasteiger partial charge on any atom is 0.373 e. The molecule has 1 aromatic carbocycles. The van der Waals surface area contributed by atoms with Crippen LogP contribution in [-0.4, -0.2) is 27.7 Å². The Morgan fingerprint density at radius 2 is 2.00 bits per heavy atom. The van der Waals surface area contributed by atoms with Gasteiger partial charge in [-0.15, -0.1) is 0 Å². The zero-order chi connectivity index (χ0) is 16.7. The average molecular weight is 316 g/mol. The van der Waals surface area contributed by atoms with Crippen molar-refractivity contribution in [3.05, 3.63) is 65.2 Å². The molecule has 1 N–H and O–H groups in total. The summed E-state index contributed by atoms with van der Waals surface area (Å²) < 4.78 is 17.5. The lowest BCUT2D eigenvalue weighted by Gasteiger charge is -2.03. The normalized spacial score (nSPS) is 11.3. The third kappa shape index (κ3) is 5.18. The van der Waals surface area contributed by atoms with E-state index in [2.05, 4.69) is 14.7 Å². The van der Waals surface area contributed by atoms with Gasteiger partial charge in [0.25, 0.3) is 0 Å². The van der Waals surface area contributed by atoms with E-state index in [4.69, 9.17) is 0 Å². The Morgan fingerprint density at radius 3 is 2.70 bits per heavy atom. The summed E-state index contributed by atoms with van der Waals surface area (Å²) in [5, 5.41) is 9.62. The number of aliphatic hydroxyl groups excluding tert-OH is 1. The van der Waals surface area contributed by atoms with E-state index in [1.54, 1.807) is 25.1 Å². The minimum Gasteiger partial charge on any atom is -0.502 e. The quantitative estimate of drug-likeness (QED) is 0.504. The number of esters is 1. The van der Waals surface area contributed by atoms with Crippen LogP contribution in [0.5, 0.6) is 0 Å². The van der Waals surface area contributed by atoms with E-state index < -0.39 is 11.7 Å².